The highest BCUT2D eigenvalue weighted by Crippen LogP contribution is 2.25. The zero-order valence-electron chi connectivity index (χ0n) is 9.43. The molecule has 2 rings (SSSR count). The fraction of sp³-hybridized carbons (Fsp3) is 0.500. The number of carboxylic acid groups (broad SMARTS) is 1. The van der Waals surface area contributed by atoms with Gasteiger partial charge < -0.3 is 14.9 Å². The number of pyridine rings is 1. The number of ether oxygens (including phenoxy) is 1. The van der Waals surface area contributed by atoms with Gasteiger partial charge in [0.25, 0.3) is 0 Å². The fourth-order valence-corrected chi connectivity index (χ4v) is 2.02. The van der Waals surface area contributed by atoms with Gasteiger partial charge in [0.05, 0.1) is 18.4 Å². The molecular formula is C12H15NO4. The van der Waals surface area contributed by atoms with Crippen LogP contribution in [0.15, 0.2) is 12.1 Å². The first-order chi connectivity index (χ1) is 8.19. The molecule has 2 N–H and O–H groups in total. The van der Waals surface area contributed by atoms with Crippen LogP contribution >= 0.6 is 0 Å². The van der Waals surface area contributed by atoms with Crippen LogP contribution < -0.4 is 4.74 Å². The van der Waals surface area contributed by atoms with Crippen molar-refractivity contribution in [2.45, 2.75) is 38.4 Å². The van der Waals surface area contributed by atoms with E-state index in [0.29, 0.717) is 11.4 Å². The van der Waals surface area contributed by atoms with E-state index < -0.39 is 5.97 Å². The number of aromatic nitrogens is 1. The van der Waals surface area contributed by atoms with Crippen molar-refractivity contribution in [2.75, 3.05) is 0 Å². The highest BCUT2D eigenvalue weighted by Gasteiger charge is 2.18. The van der Waals surface area contributed by atoms with Gasteiger partial charge in [0.15, 0.2) is 5.69 Å². The lowest BCUT2D eigenvalue weighted by Crippen LogP contribution is -2.12. The minimum absolute atomic E-state index is 0.0930. The molecule has 1 heterocycles. The van der Waals surface area contributed by atoms with Gasteiger partial charge in [-0.3, -0.25) is 0 Å². The van der Waals surface area contributed by atoms with Crippen LogP contribution in [0.2, 0.25) is 0 Å². The molecular weight excluding hydrogens is 222 g/mol. The van der Waals surface area contributed by atoms with Crippen molar-refractivity contribution in [1.29, 1.82) is 0 Å². The molecule has 5 nitrogen and oxygen atoms in total. The second kappa shape index (κ2) is 5.14. The van der Waals surface area contributed by atoms with Crippen molar-refractivity contribution in [3.05, 3.63) is 23.5 Å². The summed E-state index contributed by atoms with van der Waals surface area (Å²) < 4.78 is 5.69. The average Bonchev–Trinajstić information content (AvgIpc) is 2.81. The van der Waals surface area contributed by atoms with Crippen LogP contribution in [0, 0.1) is 0 Å². The minimum atomic E-state index is -1.11. The molecule has 0 radical (unpaired) electrons. The topological polar surface area (TPSA) is 79.7 Å². The van der Waals surface area contributed by atoms with Crippen molar-refractivity contribution in [1.82, 2.24) is 4.98 Å². The molecule has 1 saturated carbocycles. The molecule has 1 aromatic rings. The third-order valence-electron chi connectivity index (χ3n) is 2.84. The number of aliphatic hydroxyl groups is 1. The Balaban J connectivity index is 2.19. The van der Waals surface area contributed by atoms with Gasteiger partial charge in [-0.05, 0) is 25.7 Å². The van der Waals surface area contributed by atoms with Crippen LogP contribution in [0.3, 0.4) is 0 Å². The smallest absolute Gasteiger partial charge is 0.354 e. The van der Waals surface area contributed by atoms with Crippen LogP contribution in [0.1, 0.15) is 41.9 Å². The van der Waals surface area contributed by atoms with Gasteiger partial charge >= 0.3 is 5.97 Å². The van der Waals surface area contributed by atoms with Crippen molar-refractivity contribution in [3.8, 4) is 5.75 Å². The molecule has 0 aliphatic heterocycles. The lowest BCUT2D eigenvalue weighted by molar-refractivity contribution is 0.0688. The largest absolute Gasteiger partial charge is 0.490 e. The quantitative estimate of drug-likeness (QED) is 0.831. The van der Waals surface area contributed by atoms with E-state index in [4.69, 9.17) is 14.9 Å². The van der Waals surface area contributed by atoms with E-state index in [9.17, 15) is 4.79 Å². The SMILES string of the molecule is O=C(O)c1cc(OC2CCCC2)cc(CO)n1. The van der Waals surface area contributed by atoms with E-state index in [1.165, 1.54) is 6.07 Å². The van der Waals surface area contributed by atoms with E-state index in [2.05, 4.69) is 4.98 Å². The van der Waals surface area contributed by atoms with E-state index in [0.717, 1.165) is 25.7 Å². The molecule has 1 aliphatic rings. The Morgan fingerprint density at radius 3 is 2.71 bits per heavy atom. The van der Waals surface area contributed by atoms with E-state index in [-0.39, 0.29) is 18.4 Å². The Kier molecular flexibility index (Phi) is 3.58. The molecule has 5 heteroatoms. The second-order valence-electron chi connectivity index (χ2n) is 4.17. The summed E-state index contributed by atoms with van der Waals surface area (Å²) in [5, 5.41) is 17.9. The Bertz CT molecular complexity index is 413. The molecule has 0 spiro atoms. The van der Waals surface area contributed by atoms with Crippen LogP contribution in [-0.2, 0) is 6.61 Å². The predicted molar refractivity (Wildman–Crippen MR) is 60.0 cm³/mol. The van der Waals surface area contributed by atoms with Gasteiger partial charge in [0.2, 0.25) is 0 Å². The molecule has 1 fully saturated rings. The van der Waals surface area contributed by atoms with Gasteiger partial charge in [-0.1, -0.05) is 0 Å². The Hall–Kier alpha value is -1.62. The maximum absolute atomic E-state index is 10.9. The maximum atomic E-state index is 10.9. The molecule has 1 aromatic heterocycles. The summed E-state index contributed by atoms with van der Waals surface area (Å²) in [6.07, 6.45) is 4.45. The summed E-state index contributed by atoms with van der Waals surface area (Å²) >= 11 is 0. The van der Waals surface area contributed by atoms with Gasteiger partial charge in [-0.2, -0.15) is 0 Å². The van der Waals surface area contributed by atoms with Gasteiger partial charge in [0, 0.05) is 12.1 Å². The van der Waals surface area contributed by atoms with Crippen LogP contribution in [-0.4, -0.2) is 27.3 Å². The lowest BCUT2D eigenvalue weighted by Gasteiger charge is -2.13. The molecule has 0 unspecified atom stereocenters. The number of aliphatic hydroxyl groups excluding tert-OH is 1. The summed E-state index contributed by atoms with van der Waals surface area (Å²) in [7, 11) is 0. The summed E-state index contributed by atoms with van der Waals surface area (Å²) in [6, 6.07) is 2.99. The van der Waals surface area contributed by atoms with Gasteiger partial charge in [-0.25, -0.2) is 9.78 Å². The predicted octanol–water partition coefficient (Wildman–Crippen LogP) is 1.59. The molecule has 17 heavy (non-hydrogen) atoms. The number of aromatic carboxylic acids is 1. The summed E-state index contributed by atoms with van der Waals surface area (Å²) in [5.74, 6) is -0.634. The van der Waals surface area contributed by atoms with Crippen molar-refractivity contribution in [2.24, 2.45) is 0 Å². The standard InChI is InChI=1S/C12H15NO4/c14-7-8-5-10(6-11(13-8)12(15)16)17-9-3-1-2-4-9/h5-6,9,14H,1-4,7H2,(H,15,16). The molecule has 0 aromatic carbocycles. The van der Waals surface area contributed by atoms with Crippen molar-refractivity contribution < 1.29 is 19.7 Å². The zero-order chi connectivity index (χ0) is 12.3. The Morgan fingerprint density at radius 2 is 2.12 bits per heavy atom. The van der Waals surface area contributed by atoms with Crippen molar-refractivity contribution in [3.63, 3.8) is 0 Å². The number of hydrogen-bond acceptors (Lipinski definition) is 4. The molecule has 0 bridgehead atoms. The number of rotatable bonds is 4. The fourth-order valence-electron chi connectivity index (χ4n) is 2.02. The first-order valence-corrected chi connectivity index (χ1v) is 5.71. The summed E-state index contributed by atoms with van der Waals surface area (Å²) in [6.45, 7) is -0.290. The van der Waals surface area contributed by atoms with E-state index >= 15 is 0 Å². The normalized spacial score (nSPS) is 16.1. The number of nitrogens with zero attached hydrogens (tertiary/aromatic N) is 1. The van der Waals surface area contributed by atoms with Crippen LogP contribution in [0.4, 0.5) is 0 Å². The maximum Gasteiger partial charge on any atom is 0.354 e. The lowest BCUT2D eigenvalue weighted by atomic mass is 10.2. The third-order valence-corrected chi connectivity index (χ3v) is 2.84. The first-order valence-electron chi connectivity index (χ1n) is 5.71. The Labute approximate surface area is 99.1 Å². The molecule has 1 aliphatic carbocycles. The molecule has 0 saturated heterocycles. The molecule has 0 atom stereocenters. The zero-order valence-corrected chi connectivity index (χ0v) is 9.43. The van der Waals surface area contributed by atoms with Gasteiger partial charge in [-0.15, -0.1) is 0 Å². The first kappa shape index (κ1) is 11.9. The summed E-state index contributed by atoms with van der Waals surface area (Å²) in [5.41, 5.74) is 0.224. The van der Waals surface area contributed by atoms with E-state index in [1.54, 1.807) is 6.07 Å². The number of carboxylic acids is 1. The third kappa shape index (κ3) is 2.94. The van der Waals surface area contributed by atoms with Gasteiger partial charge in [0.1, 0.15) is 5.75 Å². The monoisotopic (exact) mass is 237 g/mol. The minimum Gasteiger partial charge on any atom is -0.490 e. The van der Waals surface area contributed by atoms with Crippen molar-refractivity contribution >= 4 is 5.97 Å². The second-order valence-corrected chi connectivity index (χ2v) is 4.17. The average molecular weight is 237 g/mol. The Morgan fingerprint density at radius 1 is 1.41 bits per heavy atom. The molecule has 92 valence electrons. The highest BCUT2D eigenvalue weighted by atomic mass is 16.5. The number of hydrogen-bond donors (Lipinski definition) is 2. The van der Waals surface area contributed by atoms with Crippen LogP contribution in [0.5, 0.6) is 5.75 Å². The summed E-state index contributed by atoms with van der Waals surface area (Å²) in [4.78, 5) is 14.7. The van der Waals surface area contributed by atoms with Crippen LogP contribution in [0.25, 0.3) is 0 Å². The molecule has 0 amide bonds. The highest BCUT2D eigenvalue weighted by molar-refractivity contribution is 5.85. The van der Waals surface area contributed by atoms with E-state index in [1.807, 2.05) is 0 Å². The number of carbonyl (C=O) groups is 1.